The van der Waals surface area contributed by atoms with Crippen LogP contribution in [0.3, 0.4) is 0 Å². The Kier molecular flexibility index (Phi) is 6.26. The molecule has 0 amide bonds. The molecular formula is C17H9F17O. The fraction of sp³-hybridized carbons (Fsp3) is 0.647. The Morgan fingerprint density at radius 3 is 1.34 bits per heavy atom. The highest BCUT2D eigenvalue weighted by atomic mass is 19.4. The highest BCUT2D eigenvalue weighted by molar-refractivity contribution is 5.40. The quantitative estimate of drug-likeness (QED) is 0.368. The maximum Gasteiger partial charge on any atom is 0.460 e. The van der Waals surface area contributed by atoms with Gasteiger partial charge in [0.1, 0.15) is 0 Å². The smallest absolute Gasteiger partial charge is 0.379 e. The Balaban J connectivity index is 2.68. The maximum atomic E-state index is 14.5. The van der Waals surface area contributed by atoms with Gasteiger partial charge in [0.25, 0.3) is 0 Å². The number of aliphatic hydroxyl groups is 1. The van der Waals surface area contributed by atoms with Crippen molar-refractivity contribution in [2.24, 2.45) is 0 Å². The Hall–Kier alpha value is -2.01. The summed E-state index contributed by atoms with van der Waals surface area (Å²) in [6.07, 6.45) is -10.2. The van der Waals surface area contributed by atoms with Gasteiger partial charge in [0, 0.05) is 0 Å². The van der Waals surface area contributed by atoms with Crippen LogP contribution in [0.5, 0.6) is 0 Å². The second kappa shape index (κ2) is 7.50. The van der Waals surface area contributed by atoms with Gasteiger partial charge in [-0.25, -0.2) is 0 Å². The van der Waals surface area contributed by atoms with Crippen LogP contribution in [-0.2, 0) is 12.0 Å². The third-order valence-corrected chi connectivity index (χ3v) is 5.46. The summed E-state index contributed by atoms with van der Waals surface area (Å²) in [4.78, 5) is 0. The molecule has 0 spiro atoms. The number of hydrogen-bond acceptors (Lipinski definition) is 1. The van der Waals surface area contributed by atoms with Crippen LogP contribution >= 0.6 is 0 Å². The molecule has 1 atom stereocenters. The van der Waals surface area contributed by atoms with Crippen LogP contribution in [0.25, 0.3) is 0 Å². The number of halogens is 17. The molecule has 2 rings (SSSR count). The molecule has 1 aliphatic carbocycles. The van der Waals surface area contributed by atoms with Crippen molar-refractivity contribution >= 4 is 0 Å². The maximum absolute atomic E-state index is 14.5. The largest absolute Gasteiger partial charge is 0.460 e. The van der Waals surface area contributed by atoms with Gasteiger partial charge in [-0.15, -0.1) is 0 Å². The zero-order chi connectivity index (χ0) is 27.9. The van der Waals surface area contributed by atoms with E-state index < -0.39 is 77.2 Å². The van der Waals surface area contributed by atoms with Crippen molar-refractivity contribution in [3.8, 4) is 0 Å². The molecule has 0 aliphatic heterocycles. The van der Waals surface area contributed by atoms with Crippen molar-refractivity contribution in [3.63, 3.8) is 0 Å². The van der Waals surface area contributed by atoms with E-state index in [4.69, 9.17) is 0 Å². The highest BCUT2D eigenvalue weighted by Crippen LogP contribution is 2.66. The fourth-order valence-electron chi connectivity index (χ4n) is 3.34. The minimum atomic E-state index is -8.70. The van der Waals surface area contributed by atoms with Crippen LogP contribution in [0.1, 0.15) is 17.5 Å². The molecular weight excluding hydrogens is 543 g/mol. The lowest BCUT2D eigenvalue weighted by Crippen LogP contribution is -2.76. The zero-order valence-electron chi connectivity index (χ0n) is 16.1. The molecule has 35 heavy (non-hydrogen) atoms. The van der Waals surface area contributed by atoms with E-state index >= 15 is 0 Å². The third-order valence-electron chi connectivity index (χ3n) is 5.46. The lowest BCUT2D eigenvalue weighted by Gasteiger charge is -2.45. The molecule has 1 N–H and O–H groups in total. The minimum Gasteiger partial charge on any atom is -0.379 e. The van der Waals surface area contributed by atoms with Crippen molar-refractivity contribution < 1.29 is 79.7 Å². The average molecular weight is 552 g/mol. The SMILES string of the molecule is OC1(C(F)(F)C(F)(F)C(F)(F)C(F)(F)C(F)(F)C(F)(F)C(F)(F)C(F)(F)F)CCc2ccccc21. The van der Waals surface area contributed by atoms with Crippen LogP contribution in [0.15, 0.2) is 24.3 Å². The number of aryl methyl sites for hydroxylation is 1. The summed E-state index contributed by atoms with van der Waals surface area (Å²) >= 11 is 0. The summed E-state index contributed by atoms with van der Waals surface area (Å²) in [5.41, 5.74) is -6.20. The van der Waals surface area contributed by atoms with Gasteiger partial charge in [0.2, 0.25) is 0 Å². The number of rotatable bonds is 7. The van der Waals surface area contributed by atoms with E-state index in [2.05, 4.69) is 0 Å². The summed E-state index contributed by atoms with van der Waals surface area (Å²) < 4.78 is 228. The van der Waals surface area contributed by atoms with E-state index in [-0.39, 0.29) is 0 Å². The lowest BCUT2D eigenvalue weighted by atomic mass is 9.80. The zero-order valence-corrected chi connectivity index (χ0v) is 16.1. The fourth-order valence-corrected chi connectivity index (χ4v) is 3.34. The molecule has 1 aliphatic rings. The van der Waals surface area contributed by atoms with E-state index in [0.717, 1.165) is 18.2 Å². The molecule has 0 aromatic heterocycles. The van der Waals surface area contributed by atoms with E-state index in [1.807, 2.05) is 0 Å². The van der Waals surface area contributed by atoms with Crippen molar-refractivity contribution in [3.05, 3.63) is 35.4 Å². The van der Waals surface area contributed by atoms with Gasteiger partial charge in [0.05, 0.1) is 0 Å². The van der Waals surface area contributed by atoms with E-state index in [1.165, 1.54) is 0 Å². The summed E-state index contributed by atoms with van der Waals surface area (Å²) in [5, 5.41) is 10.0. The second-order valence-corrected chi connectivity index (χ2v) is 7.54. The number of alkyl halides is 17. The molecule has 1 aromatic rings. The monoisotopic (exact) mass is 552 g/mol. The standard InChI is InChI=1S/C17H9F17O/c18-10(19,9(35)6-5-7-3-1-2-4-8(7)9)11(20,21)12(22,23)13(24,25)14(26,27)15(28,29)16(30,31)17(32,33)34/h1-4,35H,5-6H2. The molecule has 0 heterocycles. The van der Waals surface area contributed by atoms with Crippen molar-refractivity contribution in [2.75, 3.05) is 0 Å². The molecule has 1 unspecified atom stereocenters. The Labute approximate surface area is 182 Å². The van der Waals surface area contributed by atoms with E-state index in [1.54, 1.807) is 0 Å². The first-order chi connectivity index (χ1) is 15.2. The van der Waals surface area contributed by atoms with Gasteiger partial charge >= 0.3 is 47.6 Å². The minimum absolute atomic E-state index is 0.426. The van der Waals surface area contributed by atoms with E-state index in [9.17, 15) is 79.7 Å². The summed E-state index contributed by atoms with van der Waals surface area (Å²) in [5.74, 6) is -57.4. The first-order valence-corrected chi connectivity index (χ1v) is 8.72. The van der Waals surface area contributed by atoms with E-state index in [0.29, 0.717) is 6.07 Å². The van der Waals surface area contributed by atoms with Crippen LogP contribution in [0.2, 0.25) is 0 Å². The molecule has 202 valence electrons. The van der Waals surface area contributed by atoms with Gasteiger partial charge in [0.15, 0.2) is 5.60 Å². The molecule has 0 saturated heterocycles. The third kappa shape index (κ3) is 3.33. The van der Waals surface area contributed by atoms with Crippen LogP contribution in [0, 0.1) is 0 Å². The molecule has 1 nitrogen and oxygen atoms in total. The molecule has 1 aromatic carbocycles. The van der Waals surface area contributed by atoms with Crippen molar-refractivity contribution in [1.29, 1.82) is 0 Å². The summed E-state index contributed by atoms with van der Waals surface area (Å²) in [6.45, 7) is 0. The number of fused-ring (bicyclic) bond motifs is 1. The molecule has 0 bridgehead atoms. The van der Waals surface area contributed by atoms with Crippen LogP contribution in [-0.4, -0.2) is 52.7 Å². The predicted octanol–water partition coefficient (Wildman–Crippen LogP) is 6.83. The van der Waals surface area contributed by atoms with Gasteiger partial charge in [-0.3, -0.25) is 0 Å². The number of benzene rings is 1. The van der Waals surface area contributed by atoms with Crippen LogP contribution < -0.4 is 0 Å². The normalized spacial score (nSPS) is 21.3. The molecule has 0 fully saturated rings. The molecule has 0 saturated carbocycles. The number of hydrogen-bond donors (Lipinski definition) is 1. The second-order valence-electron chi connectivity index (χ2n) is 7.54. The van der Waals surface area contributed by atoms with Crippen molar-refractivity contribution in [1.82, 2.24) is 0 Å². The van der Waals surface area contributed by atoms with Gasteiger partial charge in [-0.1, -0.05) is 24.3 Å². The van der Waals surface area contributed by atoms with Gasteiger partial charge in [-0.05, 0) is 24.0 Å². The van der Waals surface area contributed by atoms with Gasteiger partial charge in [-0.2, -0.15) is 74.6 Å². The van der Waals surface area contributed by atoms with Gasteiger partial charge < -0.3 is 5.11 Å². The summed E-state index contributed by atoms with van der Waals surface area (Å²) in [6, 6.07) is 3.13. The Bertz CT molecular complexity index is 964. The average Bonchev–Trinajstić information content (AvgIpc) is 3.05. The Morgan fingerprint density at radius 1 is 0.543 bits per heavy atom. The first kappa shape index (κ1) is 29.2. The van der Waals surface area contributed by atoms with Crippen molar-refractivity contribution in [2.45, 2.75) is 66.1 Å². The molecule has 18 heteroatoms. The van der Waals surface area contributed by atoms with Crippen LogP contribution in [0.4, 0.5) is 74.6 Å². The lowest BCUT2D eigenvalue weighted by molar-refractivity contribution is -0.467. The highest BCUT2D eigenvalue weighted by Gasteiger charge is 2.96. The predicted molar refractivity (Wildman–Crippen MR) is 79.3 cm³/mol. The summed E-state index contributed by atoms with van der Waals surface area (Å²) in [7, 11) is 0. The Morgan fingerprint density at radius 2 is 0.914 bits per heavy atom. The first-order valence-electron chi connectivity index (χ1n) is 8.72. The molecule has 0 radical (unpaired) electrons. The topological polar surface area (TPSA) is 20.2 Å².